The number of aromatic nitrogens is 5. The summed E-state index contributed by atoms with van der Waals surface area (Å²) in [5, 5.41) is 14.9. The first-order valence-electron chi connectivity index (χ1n) is 6.21. The van der Waals surface area contributed by atoms with Crippen LogP contribution in [0.4, 0.5) is 5.69 Å². The number of nitrogens with one attached hydrogen (secondary N) is 2. The van der Waals surface area contributed by atoms with Crippen molar-refractivity contribution in [2.75, 3.05) is 5.32 Å². The van der Waals surface area contributed by atoms with Gasteiger partial charge >= 0.3 is 0 Å². The molecular weight excluding hydrogens is 240 g/mol. The number of nitrogens with zero attached hydrogens (tertiary/aromatic N) is 4. The number of pyridine rings is 1. The number of aromatic amines is 1. The van der Waals surface area contributed by atoms with E-state index in [9.17, 15) is 0 Å². The largest absolute Gasteiger partial charge is 0.380 e. The molecule has 3 aromatic rings. The molecule has 0 fully saturated rings. The van der Waals surface area contributed by atoms with Crippen LogP contribution in [0.3, 0.4) is 0 Å². The van der Waals surface area contributed by atoms with Gasteiger partial charge in [-0.1, -0.05) is 0 Å². The Hall–Kier alpha value is -2.37. The first-order valence-corrected chi connectivity index (χ1v) is 6.21. The first-order chi connectivity index (χ1) is 9.13. The number of rotatable bonds is 3. The van der Waals surface area contributed by atoms with Gasteiger partial charge in [0.1, 0.15) is 5.82 Å². The maximum Gasteiger partial charge on any atom is 0.155 e. The van der Waals surface area contributed by atoms with E-state index < -0.39 is 0 Å². The minimum Gasteiger partial charge on any atom is -0.380 e. The van der Waals surface area contributed by atoms with Crippen LogP contribution in [0.25, 0.3) is 5.65 Å². The Morgan fingerprint density at radius 3 is 2.84 bits per heavy atom. The Morgan fingerprint density at radius 2 is 2.11 bits per heavy atom. The van der Waals surface area contributed by atoms with Crippen molar-refractivity contribution in [3.8, 4) is 0 Å². The van der Waals surface area contributed by atoms with Crippen molar-refractivity contribution in [3.05, 3.63) is 41.1 Å². The molecule has 0 radical (unpaired) electrons. The molecule has 19 heavy (non-hydrogen) atoms. The maximum atomic E-state index is 4.30. The lowest BCUT2D eigenvalue weighted by molar-refractivity contribution is 0.928. The second-order valence-corrected chi connectivity index (χ2v) is 4.65. The number of anilines is 1. The Kier molecular flexibility index (Phi) is 2.70. The molecule has 0 spiro atoms. The van der Waals surface area contributed by atoms with E-state index in [1.54, 1.807) is 4.52 Å². The molecular formula is C13H16N6. The summed E-state index contributed by atoms with van der Waals surface area (Å²) in [5.74, 6) is 0.777. The van der Waals surface area contributed by atoms with Gasteiger partial charge in [0, 0.05) is 17.8 Å². The third kappa shape index (κ3) is 2.16. The smallest absolute Gasteiger partial charge is 0.155 e. The summed E-state index contributed by atoms with van der Waals surface area (Å²) in [5.41, 5.74) is 5.20. The van der Waals surface area contributed by atoms with Crippen LogP contribution >= 0.6 is 0 Å². The van der Waals surface area contributed by atoms with Crippen LogP contribution in [0.15, 0.2) is 18.3 Å². The Balaban J connectivity index is 1.81. The summed E-state index contributed by atoms with van der Waals surface area (Å²) < 4.78 is 1.78. The molecule has 3 heterocycles. The van der Waals surface area contributed by atoms with Gasteiger partial charge in [0.25, 0.3) is 0 Å². The van der Waals surface area contributed by atoms with Gasteiger partial charge < -0.3 is 5.32 Å². The molecule has 3 rings (SSSR count). The molecule has 0 saturated heterocycles. The number of H-pyrrole nitrogens is 1. The van der Waals surface area contributed by atoms with E-state index in [0.717, 1.165) is 35.1 Å². The predicted octanol–water partition coefficient (Wildman–Crippen LogP) is 1.99. The third-order valence-electron chi connectivity index (χ3n) is 3.19. The normalized spacial score (nSPS) is 11.1. The highest BCUT2D eigenvalue weighted by Gasteiger charge is 2.06. The summed E-state index contributed by atoms with van der Waals surface area (Å²) >= 11 is 0. The number of hydrogen-bond donors (Lipinski definition) is 2. The fourth-order valence-corrected chi connectivity index (χ4v) is 2.12. The first kappa shape index (κ1) is 11.7. The average Bonchev–Trinajstić information content (AvgIpc) is 2.89. The van der Waals surface area contributed by atoms with E-state index in [2.05, 4.69) is 25.6 Å². The van der Waals surface area contributed by atoms with Crippen molar-refractivity contribution < 1.29 is 0 Å². The molecule has 0 atom stereocenters. The molecule has 0 unspecified atom stereocenters. The summed E-state index contributed by atoms with van der Waals surface area (Å²) in [6.07, 6.45) is 1.94. The van der Waals surface area contributed by atoms with Crippen LogP contribution in [0.2, 0.25) is 0 Å². The molecule has 6 heteroatoms. The van der Waals surface area contributed by atoms with E-state index in [-0.39, 0.29) is 0 Å². The Morgan fingerprint density at radius 1 is 1.26 bits per heavy atom. The highest BCUT2D eigenvalue weighted by Crippen LogP contribution is 2.14. The van der Waals surface area contributed by atoms with Gasteiger partial charge in [-0.15, -0.1) is 0 Å². The minimum absolute atomic E-state index is 0.743. The van der Waals surface area contributed by atoms with Gasteiger partial charge in [0.2, 0.25) is 0 Å². The number of fused-ring (bicyclic) bond motifs is 1. The number of hydrogen-bond acceptors (Lipinski definition) is 4. The molecule has 98 valence electrons. The highest BCUT2D eigenvalue weighted by atomic mass is 15.3. The number of aryl methyl sites for hydroxylation is 3. The summed E-state index contributed by atoms with van der Waals surface area (Å²) in [7, 11) is 0. The maximum absolute atomic E-state index is 4.30. The molecule has 0 aliphatic rings. The molecule has 0 saturated carbocycles. The van der Waals surface area contributed by atoms with Crippen molar-refractivity contribution >= 4 is 11.3 Å². The topological polar surface area (TPSA) is 70.9 Å². The average molecular weight is 256 g/mol. The minimum atomic E-state index is 0.743. The lowest BCUT2D eigenvalue weighted by Gasteiger charge is -2.06. The van der Waals surface area contributed by atoms with Crippen molar-refractivity contribution in [1.29, 1.82) is 0 Å². The molecule has 3 aromatic heterocycles. The summed E-state index contributed by atoms with van der Waals surface area (Å²) in [6.45, 7) is 6.66. The predicted molar refractivity (Wildman–Crippen MR) is 73.1 cm³/mol. The van der Waals surface area contributed by atoms with Gasteiger partial charge in [-0.3, -0.25) is 5.10 Å². The highest BCUT2D eigenvalue weighted by molar-refractivity contribution is 5.49. The van der Waals surface area contributed by atoms with Gasteiger partial charge in [-0.25, -0.2) is 9.50 Å². The zero-order valence-corrected chi connectivity index (χ0v) is 11.2. The third-order valence-corrected chi connectivity index (χ3v) is 3.19. The van der Waals surface area contributed by atoms with Gasteiger partial charge in [0.05, 0.1) is 17.6 Å². The van der Waals surface area contributed by atoms with Crippen LogP contribution in [-0.2, 0) is 6.54 Å². The van der Waals surface area contributed by atoms with Crippen LogP contribution in [0, 0.1) is 20.8 Å². The van der Waals surface area contributed by atoms with E-state index in [1.165, 1.54) is 5.56 Å². The van der Waals surface area contributed by atoms with Crippen LogP contribution in [-0.4, -0.2) is 24.8 Å². The molecule has 6 nitrogen and oxygen atoms in total. The Labute approximate surface area is 110 Å². The van der Waals surface area contributed by atoms with Crippen LogP contribution < -0.4 is 5.32 Å². The van der Waals surface area contributed by atoms with Crippen LogP contribution in [0.5, 0.6) is 0 Å². The zero-order valence-electron chi connectivity index (χ0n) is 11.2. The molecule has 0 amide bonds. The van der Waals surface area contributed by atoms with Crippen LogP contribution in [0.1, 0.15) is 22.8 Å². The van der Waals surface area contributed by atoms with Gasteiger partial charge in [-0.05, 0) is 32.9 Å². The standard InChI is InChI=1S/C13H16N6/c1-8-12(9(2)17-16-8)6-14-11-4-5-13-15-10(3)18-19(13)7-11/h4-5,7,14H,6H2,1-3H3,(H,16,17). The quantitative estimate of drug-likeness (QED) is 0.751. The van der Waals surface area contributed by atoms with E-state index in [1.807, 2.05) is 39.1 Å². The lowest BCUT2D eigenvalue weighted by atomic mass is 10.2. The van der Waals surface area contributed by atoms with Crippen molar-refractivity contribution in [1.82, 2.24) is 24.8 Å². The molecule has 2 N–H and O–H groups in total. The monoisotopic (exact) mass is 256 g/mol. The van der Waals surface area contributed by atoms with Crippen molar-refractivity contribution in [3.63, 3.8) is 0 Å². The van der Waals surface area contributed by atoms with Gasteiger partial charge in [-0.2, -0.15) is 10.2 Å². The van der Waals surface area contributed by atoms with E-state index in [4.69, 9.17) is 0 Å². The zero-order chi connectivity index (χ0) is 13.4. The second kappa shape index (κ2) is 4.38. The van der Waals surface area contributed by atoms with Crippen molar-refractivity contribution in [2.45, 2.75) is 27.3 Å². The Bertz CT molecular complexity index is 704. The van der Waals surface area contributed by atoms with Gasteiger partial charge in [0.15, 0.2) is 5.65 Å². The van der Waals surface area contributed by atoms with E-state index >= 15 is 0 Å². The fraction of sp³-hybridized carbons (Fsp3) is 0.308. The SMILES string of the molecule is Cc1nc2ccc(NCc3c(C)n[nH]c3C)cn2n1. The lowest BCUT2D eigenvalue weighted by Crippen LogP contribution is -2.02. The van der Waals surface area contributed by atoms with Crippen molar-refractivity contribution in [2.24, 2.45) is 0 Å². The molecule has 0 aliphatic heterocycles. The second-order valence-electron chi connectivity index (χ2n) is 4.65. The molecule has 0 bridgehead atoms. The molecule has 0 aliphatic carbocycles. The fourth-order valence-electron chi connectivity index (χ4n) is 2.12. The van der Waals surface area contributed by atoms with E-state index in [0.29, 0.717) is 0 Å². The summed E-state index contributed by atoms with van der Waals surface area (Å²) in [4.78, 5) is 4.30. The summed E-state index contributed by atoms with van der Waals surface area (Å²) in [6, 6.07) is 3.96. The molecule has 0 aromatic carbocycles.